The minimum absolute atomic E-state index is 0.134. The van der Waals surface area contributed by atoms with E-state index in [1.165, 1.54) is 17.8 Å². The van der Waals surface area contributed by atoms with Crippen molar-refractivity contribution in [3.63, 3.8) is 0 Å². The first-order valence-electron chi connectivity index (χ1n) is 5.59. The van der Waals surface area contributed by atoms with E-state index in [1.807, 2.05) is 0 Å². The Labute approximate surface area is 118 Å². The van der Waals surface area contributed by atoms with Crippen LogP contribution < -0.4 is 11.1 Å². The number of primary amides is 1. The van der Waals surface area contributed by atoms with Crippen LogP contribution in [0.2, 0.25) is 0 Å². The fourth-order valence-electron chi connectivity index (χ4n) is 1.33. The third-order valence-electron chi connectivity index (χ3n) is 2.20. The van der Waals surface area contributed by atoms with Gasteiger partial charge in [0.15, 0.2) is 0 Å². The van der Waals surface area contributed by atoms with Gasteiger partial charge in [0.25, 0.3) is 0 Å². The number of rotatable bonds is 7. The number of nitrogens with two attached hydrogens (primary N) is 1. The third-order valence-corrected chi connectivity index (χ3v) is 3.18. The standard InChI is InChI=1S/C12H13FN2O4S/c13-9-5-7(1-2-8(9)12(18)19)15-11(17)3-4-20-6-10(14)16/h1-2,5H,3-4,6H2,(H2,14,16)(H,15,17)(H,18,19). The second-order valence-electron chi connectivity index (χ2n) is 3.82. The highest BCUT2D eigenvalue weighted by atomic mass is 32.2. The molecule has 0 unspecified atom stereocenters. The Morgan fingerprint density at radius 1 is 1.35 bits per heavy atom. The van der Waals surface area contributed by atoms with Gasteiger partial charge in [0.1, 0.15) is 5.82 Å². The molecule has 0 aromatic heterocycles. The Hall–Kier alpha value is -2.09. The number of benzene rings is 1. The highest BCUT2D eigenvalue weighted by Crippen LogP contribution is 2.15. The monoisotopic (exact) mass is 300 g/mol. The van der Waals surface area contributed by atoms with Crippen molar-refractivity contribution in [1.82, 2.24) is 0 Å². The average Bonchev–Trinajstić information content (AvgIpc) is 2.34. The van der Waals surface area contributed by atoms with Gasteiger partial charge < -0.3 is 16.2 Å². The summed E-state index contributed by atoms with van der Waals surface area (Å²) in [4.78, 5) is 32.6. The lowest BCUT2D eigenvalue weighted by Gasteiger charge is -2.06. The molecule has 0 fully saturated rings. The molecule has 8 heteroatoms. The summed E-state index contributed by atoms with van der Waals surface area (Å²) in [6, 6.07) is 3.33. The SMILES string of the molecule is NC(=O)CSCCC(=O)Nc1ccc(C(=O)O)c(F)c1. The lowest BCUT2D eigenvalue weighted by molar-refractivity contribution is -0.116. The molecule has 0 saturated carbocycles. The number of anilines is 1. The summed E-state index contributed by atoms with van der Waals surface area (Å²) in [5, 5.41) is 11.1. The Morgan fingerprint density at radius 3 is 2.60 bits per heavy atom. The first kappa shape index (κ1) is 16.0. The lowest BCUT2D eigenvalue weighted by Crippen LogP contribution is -2.16. The third kappa shape index (κ3) is 5.27. The van der Waals surface area contributed by atoms with Crippen LogP contribution in [-0.2, 0) is 9.59 Å². The molecule has 4 N–H and O–H groups in total. The highest BCUT2D eigenvalue weighted by molar-refractivity contribution is 7.99. The van der Waals surface area contributed by atoms with Gasteiger partial charge in [0.2, 0.25) is 11.8 Å². The second kappa shape index (κ2) is 7.49. The van der Waals surface area contributed by atoms with Crippen LogP contribution in [0.5, 0.6) is 0 Å². The summed E-state index contributed by atoms with van der Waals surface area (Å²) >= 11 is 1.22. The zero-order chi connectivity index (χ0) is 15.1. The number of carboxylic acids is 1. The number of carbonyl (C=O) groups excluding carboxylic acids is 2. The van der Waals surface area contributed by atoms with Gasteiger partial charge in [-0.15, -0.1) is 0 Å². The zero-order valence-electron chi connectivity index (χ0n) is 10.4. The quantitative estimate of drug-likeness (QED) is 0.653. The summed E-state index contributed by atoms with van der Waals surface area (Å²) in [5.74, 6) is -2.56. The van der Waals surface area contributed by atoms with E-state index in [0.29, 0.717) is 5.75 Å². The number of hydrogen-bond acceptors (Lipinski definition) is 4. The van der Waals surface area contributed by atoms with E-state index < -0.39 is 23.3 Å². The summed E-state index contributed by atoms with van der Waals surface area (Å²) in [6.07, 6.45) is 0.139. The van der Waals surface area contributed by atoms with E-state index >= 15 is 0 Å². The van der Waals surface area contributed by atoms with Crippen LogP contribution in [-0.4, -0.2) is 34.4 Å². The fourth-order valence-corrected chi connectivity index (χ4v) is 2.00. The number of amides is 2. The molecule has 1 rings (SSSR count). The van der Waals surface area contributed by atoms with Crippen molar-refractivity contribution in [3.8, 4) is 0 Å². The molecule has 20 heavy (non-hydrogen) atoms. The largest absolute Gasteiger partial charge is 0.478 e. The van der Waals surface area contributed by atoms with Gasteiger partial charge in [0, 0.05) is 17.9 Å². The molecule has 0 atom stereocenters. The Kier molecular flexibility index (Phi) is 5.98. The number of nitrogens with one attached hydrogen (secondary N) is 1. The molecule has 0 radical (unpaired) electrons. The molecular weight excluding hydrogens is 287 g/mol. The molecule has 0 saturated heterocycles. The molecular formula is C12H13FN2O4S. The topological polar surface area (TPSA) is 109 Å². The number of carbonyl (C=O) groups is 3. The average molecular weight is 300 g/mol. The van der Waals surface area contributed by atoms with Crippen LogP contribution in [0.25, 0.3) is 0 Å². The van der Waals surface area contributed by atoms with Crippen LogP contribution in [0.4, 0.5) is 10.1 Å². The lowest BCUT2D eigenvalue weighted by atomic mass is 10.2. The van der Waals surface area contributed by atoms with E-state index in [1.54, 1.807) is 0 Å². The molecule has 0 aliphatic carbocycles. The molecule has 1 aromatic carbocycles. The molecule has 2 amide bonds. The summed E-state index contributed by atoms with van der Waals surface area (Å²) < 4.78 is 13.4. The van der Waals surface area contributed by atoms with Gasteiger partial charge in [-0.3, -0.25) is 9.59 Å². The van der Waals surface area contributed by atoms with Crippen molar-refractivity contribution in [3.05, 3.63) is 29.6 Å². The first-order valence-corrected chi connectivity index (χ1v) is 6.74. The van der Waals surface area contributed by atoms with Crippen molar-refractivity contribution in [2.75, 3.05) is 16.8 Å². The smallest absolute Gasteiger partial charge is 0.338 e. The van der Waals surface area contributed by atoms with Gasteiger partial charge in [-0.05, 0) is 18.2 Å². The summed E-state index contributed by atoms with van der Waals surface area (Å²) in [7, 11) is 0. The number of hydrogen-bond donors (Lipinski definition) is 3. The molecule has 0 bridgehead atoms. The highest BCUT2D eigenvalue weighted by Gasteiger charge is 2.11. The van der Waals surface area contributed by atoms with Crippen LogP contribution >= 0.6 is 11.8 Å². The summed E-state index contributed by atoms with van der Waals surface area (Å²) in [5.41, 5.74) is 4.66. The normalized spacial score (nSPS) is 10.1. The van der Waals surface area contributed by atoms with Crippen molar-refractivity contribution in [1.29, 1.82) is 0 Å². The Bertz CT molecular complexity index is 536. The van der Waals surface area contributed by atoms with Gasteiger partial charge in [0.05, 0.1) is 11.3 Å². The number of aromatic carboxylic acids is 1. The maximum absolute atomic E-state index is 13.4. The Morgan fingerprint density at radius 2 is 2.05 bits per heavy atom. The predicted molar refractivity (Wildman–Crippen MR) is 73.1 cm³/mol. The molecule has 0 aliphatic heterocycles. The number of thioether (sulfide) groups is 1. The van der Waals surface area contributed by atoms with Gasteiger partial charge in [-0.1, -0.05) is 0 Å². The van der Waals surface area contributed by atoms with Crippen molar-refractivity contribution in [2.24, 2.45) is 5.73 Å². The first-order chi connectivity index (χ1) is 9.40. The van der Waals surface area contributed by atoms with E-state index in [9.17, 15) is 18.8 Å². The maximum Gasteiger partial charge on any atom is 0.338 e. The van der Waals surface area contributed by atoms with Crippen LogP contribution in [0.3, 0.4) is 0 Å². The van der Waals surface area contributed by atoms with Crippen molar-refractivity contribution < 1.29 is 23.9 Å². The Balaban J connectivity index is 2.48. The maximum atomic E-state index is 13.4. The molecule has 0 spiro atoms. The molecule has 0 aliphatic rings. The van der Waals surface area contributed by atoms with E-state index in [4.69, 9.17) is 10.8 Å². The predicted octanol–water partition coefficient (Wildman–Crippen LogP) is 1.07. The minimum Gasteiger partial charge on any atom is -0.478 e. The van der Waals surface area contributed by atoms with Crippen molar-refractivity contribution in [2.45, 2.75) is 6.42 Å². The van der Waals surface area contributed by atoms with E-state index in [0.717, 1.165) is 12.1 Å². The van der Waals surface area contributed by atoms with E-state index in [-0.39, 0.29) is 23.8 Å². The van der Waals surface area contributed by atoms with Crippen LogP contribution in [0.15, 0.2) is 18.2 Å². The van der Waals surface area contributed by atoms with Crippen LogP contribution in [0, 0.1) is 5.82 Å². The number of carboxylic acid groups (broad SMARTS) is 1. The van der Waals surface area contributed by atoms with Crippen molar-refractivity contribution >= 4 is 35.2 Å². The fraction of sp³-hybridized carbons (Fsp3) is 0.250. The molecule has 0 heterocycles. The molecule has 108 valence electrons. The number of halogens is 1. The van der Waals surface area contributed by atoms with Gasteiger partial charge in [-0.2, -0.15) is 11.8 Å². The molecule has 1 aromatic rings. The molecule has 6 nitrogen and oxygen atoms in total. The minimum atomic E-state index is -1.37. The van der Waals surface area contributed by atoms with Gasteiger partial charge in [-0.25, -0.2) is 9.18 Å². The zero-order valence-corrected chi connectivity index (χ0v) is 11.2. The second-order valence-corrected chi connectivity index (χ2v) is 4.92. The summed E-state index contributed by atoms with van der Waals surface area (Å²) in [6.45, 7) is 0. The van der Waals surface area contributed by atoms with Gasteiger partial charge >= 0.3 is 5.97 Å². The van der Waals surface area contributed by atoms with E-state index in [2.05, 4.69) is 5.32 Å². The van der Waals surface area contributed by atoms with Crippen LogP contribution in [0.1, 0.15) is 16.8 Å².